The number of H-pyrrole nitrogens is 1. The molecule has 22 heavy (non-hydrogen) atoms. The van der Waals surface area contributed by atoms with Gasteiger partial charge in [-0.2, -0.15) is 5.26 Å². The molecule has 3 rings (SSSR count). The molecule has 1 N–H and O–H groups in total. The van der Waals surface area contributed by atoms with Crippen molar-refractivity contribution in [2.75, 3.05) is 6.61 Å². The highest BCUT2D eigenvalue weighted by Crippen LogP contribution is 2.15. The Hall–Kier alpha value is -2.85. The van der Waals surface area contributed by atoms with Crippen LogP contribution in [0.2, 0.25) is 5.15 Å². The third kappa shape index (κ3) is 2.64. The Morgan fingerprint density at radius 1 is 1.32 bits per heavy atom. The normalized spacial score (nSPS) is 10.5. The summed E-state index contributed by atoms with van der Waals surface area (Å²) in [6.45, 7) is 0.590. The fourth-order valence-corrected chi connectivity index (χ4v) is 2.20. The molecule has 0 spiro atoms. The van der Waals surface area contributed by atoms with Crippen LogP contribution in [0.1, 0.15) is 5.56 Å². The van der Waals surface area contributed by atoms with Crippen LogP contribution in [0, 0.1) is 11.3 Å². The third-order valence-electron chi connectivity index (χ3n) is 3.08. The molecule has 7 nitrogen and oxygen atoms in total. The van der Waals surface area contributed by atoms with Crippen LogP contribution < -0.4 is 10.4 Å². The Morgan fingerprint density at radius 3 is 2.82 bits per heavy atom. The lowest BCUT2D eigenvalue weighted by Crippen LogP contribution is -2.20. The van der Waals surface area contributed by atoms with E-state index < -0.39 is 0 Å². The van der Waals surface area contributed by atoms with Crippen molar-refractivity contribution in [3.63, 3.8) is 0 Å². The second-order valence-electron chi connectivity index (χ2n) is 4.43. The molecular formula is C14H10ClN5O2. The van der Waals surface area contributed by atoms with Crippen molar-refractivity contribution in [2.24, 2.45) is 0 Å². The molecule has 1 aromatic carbocycles. The van der Waals surface area contributed by atoms with E-state index in [-0.39, 0.29) is 17.4 Å². The van der Waals surface area contributed by atoms with Gasteiger partial charge in [0, 0.05) is 0 Å². The zero-order chi connectivity index (χ0) is 15.5. The number of nitrogens with zero attached hydrogens (tertiary/aromatic N) is 4. The molecule has 0 bridgehead atoms. The fourth-order valence-electron chi connectivity index (χ4n) is 2.03. The second-order valence-corrected chi connectivity index (χ2v) is 4.79. The van der Waals surface area contributed by atoms with Gasteiger partial charge < -0.3 is 9.72 Å². The number of hydrogen-bond acceptors (Lipinski definition) is 5. The summed E-state index contributed by atoms with van der Waals surface area (Å²) in [5.41, 5.74) is 1.09. The van der Waals surface area contributed by atoms with Gasteiger partial charge in [-0.05, 0) is 24.3 Å². The lowest BCUT2D eigenvalue weighted by atomic mass is 10.2. The molecule has 0 saturated carbocycles. The molecule has 2 heterocycles. The van der Waals surface area contributed by atoms with Gasteiger partial charge in [-0.15, -0.1) is 0 Å². The number of fused-ring (bicyclic) bond motifs is 1. The minimum absolute atomic E-state index is 0.203. The zero-order valence-electron chi connectivity index (χ0n) is 11.3. The number of imidazole rings is 1. The summed E-state index contributed by atoms with van der Waals surface area (Å²) in [5.74, 6) is 0.625. The van der Waals surface area contributed by atoms with Crippen LogP contribution in [-0.2, 0) is 6.54 Å². The minimum Gasteiger partial charge on any atom is -0.492 e. The van der Waals surface area contributed by atoms with Crippen LogP contribution in [0.15, 0.2) is 35.4 Å². The van der Waals surface area contributed by atoms with Crippen molar-refractivity contribution in [1.29, 1.82) is 5.26 Å². The van der Waals surface area contributed by atoms with Gasteiger partial charge in [0.2, 0.25) is 0 Å². The van der Waals surface area contributed by atoms with Crippen LogP contribution in [0.3, 0.4) is 0 Å². The standard InChI is InChI=1S/C14H10ClN5O2/c15-12-11-13(18-8-17-12)20(14(21)19-11)5-6-22-10-3-1-9(7-16)2-4-10/h1-4,8H,5-6H2,(H,19,21). The highest BCUT2D eigenvalue weighted by atomic mass is 35.5. The van der Waals surface area contributed by atoms with Crippen molar-refractivity contribution in [3.8, 4) is 11.8 Å². The Labute approximate surface area is 129 Å². The van der Waals surface area contributed by atoms with E-state index in [1.165, 1.54) is 10.9 Å². The summed E-state index contributed by atoms with van der Waals surface area (Å²) in [6.07, 6.45) is 1.30. The lowest BCUT2D eigenvalue weighted by molar-refractivity contribution is 0.298. The fraction of sp³-hybridized carbons (Fsp3) is 0.143. The Kier molecular flexibility index (Phi) is 3.76. The van der Waals surface area contributed by atoms with Gasteiger partial charge >= 0.3 is 5.69 Å². The maximum Gasteiger partial charge on any atom is 0.327 e. The van der Waals surface area contributed by atoms with E-state index in [1.807, 2.05) is 6.07 Å². The van der Waals surface area contributed by atoms with Crippen molar-refractivity contribution in [2.45, 2.75) is 6.54 Å². The highest BCUT2D eigenvalue weighted by Gasteiger charge is 2.11. The SMILES string of the molecule is N#Cc1ccc(OCCn2c(=O)[nH]c3c(Cl)ncnc32)cc1. The summed E-state index contributed by atoms with van der Waals surface area (Å²) < 4.78 is 6.99. The number of aromatic amines is 1. The van der Waals surface area contributed by atoms with E-state index in [1.54, 1.807) is 24.3 Å². The van der Waals surface area contributed by atoms with Crippen molar-refractivity contribution in [1.82, 2.24) is 19.5 Å². The summed E-state index contributed by atoms with van der Waals surface area (Å²) in [4.78, 5) is 22.4. The monoisotopic (exact) mass is 315 g/mol. The first kappa shape index (κ1) is 14.1. The van der Waals surface area contributed by atoms with Gasteiger partial charge in [0.15, 0.2) is 10.8 Å². The van der Waals surface area contributed by atoms with Crippen molar-refractivity contribution in [3.05, 3.63) is 51.8 Å². The first-order valence-electron chi connectivity index (χ1n) is 6.41. The van der Waals surface area contributed by atoms with Gasteiger partial charge in [0.1, 0.15) is 24.2 Å². The molecule has 3 aromatic rings. The first-order valence-corrected chi connectivity index (χ1v) is 6.79. The van der Waals surface area contributed by atoms with Gasteiger partial charge in [-0.3, -0.25) is 4.57 Å². The molecule has 0 saturated heterocycles. The van der Waals surface area contributed by atoms with Crippen LogP contribution in [-0.4, -0.2) is 26.1 Å². The minimum atomic E-state index is -0.319. The van der Waals surface area contributed by atoms with Gasteiger partial charge in [0.25, 0.3) is 0 Å². The van der Waals surface area contributed by atoms with Crippen LogP contribution in [0.4, 0.5) is 0 Å². The summed E-state index contributed by atoms with van der Waals surface area (Å²) >= 11 is 5.91. The molecule has 2 aromatic heterocycles. The van der Waals surface area contributed by atoms with E-state index in [2.05, 4.69) is 15.0 Å². The van der Waals surface area contributed by atoms with E-state index in [0.29, 0.717) is 29.0 Å². The van der Waals surface area contributed by atoms with E-state index in [4.69, 9.17) is 21.6 Å². The maximum absolute atomic E-state index is 11.9. The second kappa shape index (κ2) is 5.87. The number of hydrogen-bond donors (Lipinski definition) is 1. The first-order chi connectivity index (χ1) is 10.7. The number of nitrogens with one attached hydrogen (secondary N) is 1. The Balaban J connectivity index is 1.74. The van der Waals surface area contributed by atoms with Crippen LogP contribution >= 0.6 is 11.6 Å². The van der Waals surface area contributed by atoms with E-state index in [0.717, 1.165) is 0 Å². The third-order valence-corrected chi connectivity index (χ3v) is 3.37. The van der Waals surface area contributed by atoms with Gasteiger partial charge in [0.05, 0.1) is 18.2 Å². The molecule has 8 heteroatoms. The number of halogens is 1. The Morgan fingerprint density at radius 2 is 2.09 bits per heavy atom. The quantitative estimate of drug-likeness (QED) is 0.739. The zero-order valence-corrected chi connectivity index (χ0v) is 12.0. The van der Waals surface area contributed by atoms with E-state index >= 15 is 0 Å². The molecular weight excluding hydrogens is 306 g/mol. The summed E-state index contributed by atoms with van der Waals surface area (Å²) in [7, 11) is 0. The number of rotatable bonds is 4. The molecule has 0 aliphatic rings. The molecule has 110 valence electrons. The van der Waals surface area contributed by atoms with Crippen molar-refractivity contribution < 1.29 is 4.74 Å². The number of nitriles is 1. The predicted molar refractivity (Wildman–Crippen MR) is 79.8 cm³/mol. The number of aromatic nitrogens is 4. The lowest BCUT2D eigenvalue weighted by Gasteiger charge is -2.06. The highest BCUT2D eigenvalue weighted by molar-refractivity contribution is 6.33. The summed E-state index contributed by atoms with van der Waals surface area (Å²) in [6, 6.07) is 8.78. The average molecular weight is 316 g/mol. The molecule has 0 aliphatic heterocycles. The maximum atomic E-state index is 11.9. The van der Waals surface area contributed by atoms with Crippen LogP contribution in [0.25, 0.3) is 11.2 Å². The summed E-state index contributed by atoms with van der Waals surface area (Å²) in [5, 5.41) is 8.93. The molecule has 0 amide bonds. The largest absolute Gasteiger partial charge is 0.492 e. The smallest absolute Gasteiger partial charge is 0.327 e. The molecule has 0 fully saturated rings. The Bertz CT molecular complexity index is 908. The van der Waals surface area contributed by atoms with Crippen LogP contribution in [0.5, 0.6) is 5.75 Å². The molecule has 0 atom stereocenters. The molecule has 0 aliphatic carbocycles. The topological polar surface area (TPSA) is 96.6 Å². The van der Waals surface area contributed by atoms with Crippen molar-refractivity contribution >= 4 is 22.8 Å². The average Bonchev–Trinajstić information content (AvgIpc) is 2.86. The van der Waals surface area contributed by atoms with Gasteiger partial charge in [-0.1, -0.05) is 11.6 Å². The number of benzene rings is 1. The van der Waals surface area contributed by atoms with Gasteiger partial charge in [-0.25, -0.2) is 14.8 Å². The number of ether oxygens (including phenoxy) is 1. The molecule has 0 radical (unpaired) electrons. The molecule has 0 unspecified atom stereocenters. The predicted octanol–water partition coefficient (Wildman–Crippen LogP) is 1.72. The van der Waals surface area contributed by atoms with E-state index in [9.17, 15) is 4.79 Å².